The average molecular weight is 559 g/mol. The minimum absolute atomic E-state index is 0.0736. The molecule has 0 unspecified atom stereocenters. The molecular weight excluding hydrogens is 512 g/mol. The first-order chi connectivity index (χ1) is 19.1. The molecule has 2 atom stereocenters. The number of nitrogens with zero attached hydrogens (tertiary/aromatic N) is 3. The Labute approximate surface area is 238 Å². The van der Waals surface area contributed by atoms with Gasteiger partial charge in [-0.2, -0.15) is 0 Å². The second-order valence-corrected chi connectivity index (χ2v) is 11.4. The summed E-state index contributed by atoms with van der Waals surface area (Å²) in [7, 11) is 0. The topological polar surface area (TPSA) is 122 Å². The van der Waals surface area contributed by atoms with Crippen LogP contribution in [-0.2, 0) is 25.7 Å². The van der Waals surface area contributed by atoms with Crippen LogP contribution in [0.3, 0.4) is 0 Å². The minimum atomic E-state index is -0.945. The third kappa shape index (κ3) is 7.96. The van der Waals surface area contributed by atoms with Crippen LogP contribution in [0.5, 0.6) is 0 Å². The molecule has 1 aromatic rings. The zero-order valence-electron chi connectivity index (χ0n) is 24.4. The van der Waals surface area contributed by atoms with E-state index in [1.54, 1.807) is 4.90 Å². The third-order valence-electron chi connectivity index (χ3n) is 7.71. The molecule has 2 aliphatic rings. The number of piperazine rings is 1. The number of carbonyl (C=O) groups is 4. The van der Waals surface area contributed by atoms with Crippen molar-refractivity contribution in [2.24, 2.45) is 23.5 Å². The molecule has 2 fully saturated rings. The molecule has 0 aromatic heterocycles. The monoisotopic (exact) mass is 558 g/mol. The molecule has 2 N–H and O–H groups in total. The van der Waals surface area contributed by atoms with Crippen LogP contribution < -0.4 is 5.73 Å². The van der Waals surface area contributed by atoms with E-state index in [0.717, 1.165) is 36.1 Å². The van der Waals surface area contributed by atoms with E-state index in [1.807, 2.05) is 58.0 Å². The highest BCUT2D eigenvalue weighted by Gasteiger charge is 2.56. The second-order valence-electron chi connectivity index (χ2n) is 11.4. The summed E-state index contributed by atoms with van der Waals surface area (Å²) in [5, 5.41) is 0. The number of nitrogens with two attached hydrogens (primary N) is 1. The van der Waals surface area contributed by atoms with Crippen LogP contribution in [0.1, 0.15) is 65.4 Å². The predicted molar refractivity (Wildman–Crippen MR) is 151 cm³/mol. The number of rotatable bonds is 12. The van der Waals surface area contributed by atoms with Gasteiger partial charge >= 0.3 is 18.1 Å². The Hall–Kier alpha value is -3.14. The van der Waals surface area contributed by atoms with Crippen LogP contribution in [0.4, 0.5) is 9.59 Å². The molecule has 0 saturated carbocycles. The fourth-order valence-corrected chi connectivity index (χ4v) is 5.45. The lowest BCUT2D eigenvalue weighted by Crippen LogP contribution is -2.69. The summed E-state index contributed by atoms with van der Waals surface area (Å²) in [5.74, 6) is -1.11. The van der Waals surface area contributed by atoms with Crippen LogP contribution in [0.25, 0.3) is 0 Å². The molecule has 0 aliphatic carbocycles. The Kier molecular flexibility index (Phi) is 11.8. The van der Waals surface area contributed by atoms with E-state index in [4.69, 9.17) is 15.2 Å². The van der Waals surface area contributed by atoms with Gasteiger partial charge in [0.2, 0.25) is 5.91 Å². The highest BCUT2D eigenvalue weighted by atomic mass is 16.6. The molecule has 0 spiro atoms. The largest absolute Gasteiger partial charge is 0.459 e. The Bertz CT molecular complexity index is 985. The molecular formula is C30H46N4O6. The maximum absolute atomic E-state index is 13.4. The molecule has 10 nitrogen and oxygen atoms in total. The summed E-state index contributed by atoms with van der Waals surface area (Å²) >= 11 is 0. The van der Waals surface area contributed by atoms with Gasteiger partial charge in [-0.3, -0.25) is 4.79 Å². The number of ether oxygens (including phenoxy) is 2. The smallest absolute Gasteiger partial charge is 0.410 e. The van der Waals surface area contributed by atoms with Gasteiger partial charge in [0.15, 0.2) is 6.04 Å². The predicted octanol–water partition coefficient (Wildman–Crippen LogP) is 4.02. The number of esters is 1. The molecule has 0 bridgehead atoms. The number of urea groups is 1. The number of imide groups is 1. The van der Waals surface area contributed by atoms with Gasteiger partial charge in [-0.15, -0.1) is 0 Å². The third-order valence-corrected chi connectivity index (χ3v) is 7.71. The van der Waals surface area contributed by atoms with E-state index in [-0.39, 0.29) is 43.5 Å². The van der Waals surface area contributed by atoms with Gasteiger partial charge in [0, 0.05) is 26.2 Å². The van der Waals surface area contributed by atoms with Gasteiger partial charge < -0.3 is 25.0 Å². The van der Waals surface area contributed by atoms with Gasteiger partial charge in [0.25, 0.3) is 0 Å². The standard InChI is InChI=1S/C30H46N4O6/c1-21(2)26(22(3)4)40-30(38)33-18-16-32(17-19-33)29(37)34-25(24(27(34)35)14-10-5-6-11-15-31)28(36)39-20-23-12-8-7-9-13-23/h7-9,12-13,21-22,24-26H,5-6,10-11,14-20,31H2,1-4H3/t24-,25+/m1/s1. The van der Waals surface area contributed by atoms with Crippen molar-refractivity contribution in [3.8, 4) is 0 Å². The molecule has 40 heavy (non-hydrogen) atoms. The Morgan fingerprint density at radius 3 is 2.10 bits per heavy atom. The highest BCUT2D eigenvalue weighted by molar-refractivity contribution is 6.07. The number of benzene rings is 1. The maximum Gasteiger partial charge on any atom is 0.410 e. The average Bonchev–Trinajstić information content (AvgIpc) is 2.94. The number of carbonyl (C=O) groups excluding carboxylic acids is 4. The molecule has 4 amide bonds. The van der Waals surface area contributed by atoms with Gasteiger partial charge in [0.05, 0.1) is 5.92 Å². The number of amides is 4. The minimum Gasteiger partial charge on any atom is -0.459 e. The highest BCUT2D eigenvalue weighted by Crippen LogP contribution is 2.34. The van der Waals surface area contributed by atoms with Crippen molar-refractivity contribution in [2.45, 2.75) is 78.6 Å². The van der Waals surface area contributed by atoms with Crippen molar-refractivity contribution in [1.29, 1.82) is 0 Å². The van der Waals surface area contributed by atoms with E-state index in [2.05, 4.69) is 0 Å². The molecule has 2 aliphatic heterocycles. The van der Waals surface area contributed by atoms with E-state index in [0.29, 0.717) is 26.1 Å². The molecule has 1 aromatic carbocycles. The van der Waals surface area contributed by atoms with E-state index < -0.39 is 30.1 Å². The fraction of sp³-hybridized carbons (Fsp3) is 0.667. The number of unbranched alkanes of at least 4 members (excludes halogenated alkanes) is 3. The van der Waals surface area contributed by atoms with Crippen molar-refractivity contribution in [1.82, 2.24) is 14.7 Å². The quantitative estimate of drug-likeness (QED) is 0.234. The summed E-state index contributed by atoms with van der Waals surface area (Å²) in [6.45, 7) is 9.88. The first kappa shape index (κ1) is 31.4. The van der Waals surface area contributed by atoms with Gasteiger partial charge in [-0.25, -0.2) is 19.3 Å². The van der Waals surface area contributed by atoms with Crippen LogP contribution in [0.2, 0.25) is 0 Å². The SMILES string of the molecule is CC(C)C(OC(=O)N1CCN(C(=O)N2C(=O)[C@H](CCCCCCN)[C@H]2C(=O)OCc2ccccc2)CC1)C(C)C. The van der Waals surface area contributed by atoms with E-state index in [1.165, 1.54) is 4.90 Å². The Morgan fingerprint density at radius 2 is 1.50 bits per heavy atom. The number of hydrogen-bond acceptors (Lipinski definition) is 7. The zero-order chi connectivity index (χ0) is 29.2. The first-order valence-electron chi connectivity index (χ1n) is 14.6. The lowest BCUT2D eigenvalue weighted by molar-refractivity contribution is -0.171. The van der Waals surface area contributed by atoms with Gasteiger partial charge in [-0.05, 0) is 36.8 Å². The van der Waals surface area contributed by atoms with Crippen molar-refractivity contribution < 1.29 is 28.7 Å². The summed E-state index contributed by atoms with van der Waals surface area (Å²) < 4.78 is 11.3. The number of hydrogen-bond donors (Lipinski definition) is 1. The van der Waals surface area contributed by atoms with Crippen molar-refractivity contribution in [3.63, 3.8) is 0 Å². The van der Waals surface area contributed by atoms with Gasteiger partial charge in [-0.1, -0.05) is 77.3 Å². The zero-order valence-corrected chi connectivity index (χ0v) is 24.4. The van der Waals surface area contributed by atoms with Crippen molar-refractivity contribution in [2.75, 3.05) is 32.7 Å². The summed E-state index contributed by atoms with van der Waals surface area (Å²) in [6.07, 6.45) is 3.50. The van der Waals surface area contributed by atoms with Crippen LogP contribution in [0, 0.1) is 17.8 Å². The normalized spacial score (nSPS) is 19.3. The maximum atomic E-state index is 13.4. The van der Waals surface area contributed by atoms with Crippen LogP contribution in [-0.4, -0.2) is 83.6 Å². The molecule has 2 heterocycles. The molecule has 0 radical (unpaired) electrons. The van der Waals surface area contributed by atoms with Crippen molar-refractivity contribution in [3.05, 3.63) is 35.9 Å². The van der Waals surface area contributed by atoms with Crippen molar-refractivity contribution >= 4 is 24.0 Å². The summed E-state index contributed by atoms with van der Waals surface area (Å²) in [5.41, 5.74) is 6.40. The van der Waals surface area contributed by atoms with Crippen LogP contribution >= 0.6 is 0 Å². The number of β-lactam (4-membered cyclic amide) rings is 1. The second kappa shape index (κ2) is 15.0. The Morgan fingerprint density at radius 1 is 0.900 bits per heavy atom. The first-order valence-corrected chi connectivity index (χ1v) is 14.6. The molecule has 2 saturated heterocycles. The van der Waals surface area contributed by atoms with E-state index >= 15 is 0 Å². The summed E-state index contributed by atoms with van der Waals surface area (Å²) in [4.78, 5) is 56.7. The molecule has 222 valence electrons. The molecule has 3 rings (SSSR count). The fourth-order valence-electron chi connectivity index (χ4n) is 5.45. The lowest BCUT2D eigenvalue weighted by atomic mass is 9.83. The van der Waals surface area contributed by atoms with Gasteiger partial charge in [0.1, 0.15) is 12.7 Å². The Balaban J connectivity index is 1.61. The molecule has 10 heteroatoms. The van der Waals surface area contributed by atoms with Crippen LogP contribution in [0.15, 0.2) is 30.3 Å². The number of likely N-dealkylation sites (tertiary alicyclic amines) is 1. The van der Waals surface area contributed by atoms with E-state index in [9.17, 15) is 19.2 Å². The summed E-state index contributed by atoms with van der Waals surface area (Å²) in [6, 6.07) is 7.84. The lowest BCUT2D eigenvalue weighted by Gasteiger charge is -2.46.